The summed E-state index contributed by atoms with van der Waals surface area (Å²) in [7, 11) is 0. The SMILES string of the molecule is O=C(O)NC(CO)c1cccc(C(F)F)c1. The van der Waals surface area contributed by atoms with E-state index in [-0.39, 0.29) is 5.56 Å². The third-order valence-corrected chi connectivity index (χ3v) is 2.05. The number of hydrogen-bond acceptors (Lipinski definition) is 2. The summed E-state index contributed by atoms with van der Waals surface area (Å²) in [5, 5.41) is 19.5. The van der Waals surface area contributed by atoms with E-state index in [9.17, 15) is 13.6 Å². The Morgan fingerprint density at radius 1 is 1.38 bits per heavy atom. The largest absolute Gasteiger partial charge is 0.465 e. The molecule has 1 aromatic carbocycles. The lowest BCUT2D eigenvalue weighted by molar-refractivity contribution is 0.151. The number of halogens is 2. The van der Waals surface area contributed by atoms with E-state index < -0.39 is 25.2 Å². The molecule has 0 bridgehead atoms. The molecule has 1 aromatic rings. The molecule has 6 heteroatoms. The molecule has 0 heterocycles. The average molecular weight is 231 g/mol. The molecule has 1 unspecified atom stereocenters. The fourth-order valence-electron chi connectivity index (χ4n) is 1.29. The van der Waals surface area contributed by atoms with Gasteiger partial charge in [0.1, 0.15) is 0 Å². The summed E-state index contributed by atoms with van der Waals surface area (Å²) < 4.78 is 24.8. The van der Waals surface area contributed by atoms with Gasteiger partial charge in [-0.1, -0.05) is 18.2 Å². The third kappa shape index (κ3) is 3.16. The van der Waals surface area contributed by atoms with Crippen LogP contribution in [-0.2, 0) is 0 Å². The zero-order chi connectivity index (χ0) is 12.1. The van der Waals surface area contributed by atoms with Gasteiger partial charge in [0, 0.05) is 5.56 Å². The molecule has 0 aliphatic carbocycles. The van der Waals surface area contributed by atoms with Crippen molar-refractivity contribution in [3.63, 3.8) is 0 Å². The van der Waals surface area contributed by atoms with Crippen LogP contribution in [0.1, 0.15) is 23.6 Å². The Kier molecular flexibility index (Phi) is 4.19. The molecule has 0 radical (unpaired) electrons. The highest BCUT2D eigenvalue weighted by Gasteiger charge is 2.15. The van der Waals surface area contributed by atoms with Crippen LogP contribution in [0.3, 0.4) is 0 Å². The molecule has 0 saturated carbocycles. The van der Waals surface area contributed by atoms with E-state index in [0.717, 1.165) is 0 Å². The summed E-state index contributed by atoms with van der Waals surface area (Å²) in [4.78, 5) is 10.4. The van der Waals surface area contributed by atoms with Gasteiger partial charge in [0.2, 0.25) is 0 Å². The van der Waals surface area contributed by atoms with Crippen molar-refractivity contribution in [1.29, 1.82) is 0 Å². The molecular formula is C10H11F2NO3. The average Bonchev–Trinajstić information content (AvgIpc) is 2.25. The summed E-state index contributed by atoms with van der Waals surface area (Å²) in [5.41, 5.74) is 0.103. The van der Waals surface area contributed by atoms with Gasteiger partial charge in [-0.15, -0.1) is 0 Å². The Labute approximate surface area is 90.5 Å². The minimum Gasteiger partial charge on any atom is -0.465 e. The van der Waals surface area contributed by atoms with Crippen LogP contribution in [0.25, 0.3) is 0 Å². The van der Waals surface area contributed by atoms with Crippen LogP contribution < -0.4 is 5.32 Å². The molecule has 0 aliphatic rings. The maximum Gasteiger partial charge on any atom is 0.405 e. The van der Waals surface area contributed by atoms with Crippen LogP contribution in [0, 0.1) is 0 Å². The number of aliphatic hydroxyl groups excluding tert-OH is 1. The Balaban J connectivity index is 2.92. The number of rotatable bonds is 4. The summed E-state index contributed by atoms with van der Waals surface area (Å²) in [6, 6.07) is 4.38. The number of aliphatic hydroxyl groups is 1. The van der Waals surface area contributed by atoms with Gasteiger partial charge in [-0.2, -0.15) is 0 Å². The molecular weight excluding hydrogens is 220 g/mol. The van der Waals surface area contributed by atoms with Gasteiger partial charge >= 0.3 is 6.09 Å². The molecule has 0 aliphatic heterocycles. The molecule has 3 N–H and O–H groups in total. The Morgan fingerprint density at radius 2 is 2.00 bits per heavy atom. The zero-order valence-electron chi connectivity index (χ0n) is 8.23. The Hall–Kier alpha value is -1.69. The highest BCUT2D eigenvalue weighted by Crippen LogP contribution is 2.22. The van der Waals surface area contributed by atoms with E-state index in [0.29, 0.717) is 5.56 Å². The summed E-state index contributed by atoms with van der Waals surface area (Å²) in [6.07, 6.45) is -3.94. The van der Waals surface area contributed by atoms with Crippen LogP contribution >= 0.6 is 0 Å². The number of hydrogen-bond donors (Lipinski definition) is 3. The minimum absolute atomic E-state index is 0.205. The molecule has 4 nitrogen and oxygen atoms in total. The second-order valence-electron chi connectivity index (χ2n) is 3.16. The van der Waals surface area contributed by atoms with Crippen LogP contribution in [0.4, 0.5) is 13.6 Å². The quantitative estimate of drug-likeness (QED) is 0.741. The zero-order valence-corrected chi connectivity index (χ0v) is 8.23. The number of benzene rings is 1. The fourth-order valence-corrected chi connectivity index (χ4v) is 1.29. The highest BCUT2D eigenvalue weighted by atomic mass is 19.3. The predicted molar refractivity (Wildman–Crippen MR) is 52.4 cm³/mol. The lowest BCUT2D eigenvalue weighted by Gasteiger charge is -2.15. The van der Waals surface area contributed by atoms with Crippen molar-refractivity contribution in [2.45, 2.75) is 12.5 Å². The third-order valence-electron chi connectivity index (χ3n) is 2.05. The van der Waals surface area contributed by atoms with Crippen molar-refractivity contribution in [3.8, 4) is 0 Å². The molecule has 0 spiro atoms. The van der Waals surface area contributed by atoms with Crippen molar-refractivity contribution in [2.75, 3.05) is 6.61 Å². The molecule has 88 valence electrons. The normalized spacial score (nSPS) is 12.5. The number of carbonyl (C=O) groups is 1. The van der Waals surface area contributed by atoms with Gasteiger partial charge in [0.25, 0.3) is 6.43 Å². The monoisotopic (exact) mass is 231 g/mol. The standard InChI is InChI=1S/C10H11F2NO3/c11-9(12)7-3-1-2-6(4-7)8(5-14)13-10(15)16/h1-4,8-9,13-14H,5H2,(H,15,16). The molecule has 0 aromatic heterocycles. The van der Waals surface area contributed by atoms with E-state index in [1.54, 1.807) is 0 Å². The first-order valence-corrected chi connectivity index (χ1v) is 4.53. The number of carboxylic acid groups (broad SMARTS) is 1. The fraction of sp³-hybridized carbons (Fsp3) is 0.300. The molecule has 0 fully saturated rings. The van der Waals surface area contributed by atoms with E-state index >= 15 is 0 Å². The molecule has 1 amide bonds. The molecule has 0 saturated heterocycles. The molecule has 1 atom stereocenters. The minimum atomic E-state index is -2.62. The van der Waals surface area contributed by atoms with Crippen LogP contribution in [0.5, 0.6) is 0 Å². The topological polar surface area (TPSA) is 69.6 Å². The lowest BCUT2D eigenvalue weighted by atomic mass is 10.0. The van der Waals surface area contributed by atoms with E-state index in [4.69, 9.17) is 10.2 Å². The van der Waals surface area contributed by atoms with Gasteiger partial charge in [0.05, 0.1) is 12.6 Å². The first-order chi connectivity index (χ1) is 7.54. The maximum atomic E-state index is 12.4. The van der Waals surface area contributed by atoms with E-state index in [1.165, 1.54) is 24.3 Å². The summed E-state index contributed by atoms with van der Waals surface area (Å²) in [5.74, 6) is 0. The summed E-state index contributed by atoms with van der Waals surface area (Å²) in [6.45, 7) is -0.487. The van der Waals surface area contributed by atoms with Crippen molar-refractivity contribution in [3.05, 3.63) is 35.4 Å². The first kappa shape index (κ1) is 12.4. The number of amides is 1. The van der Waals surface area contributed by atoms with Gasteiger partial charge in [-0.3, -0.25) is 0 Å². The smallest absolute Gasteiger partial charge is 0.405 e. The van der Waals surface area contributed by atoms with Gasteiger partial charge in [-0.25, -0.2) is 13.6 Å². The summed E-state index contributed by atoms with van der Waals surface area (Å²) >= 11 is 0. The number of alkyl halides is 2. The second-order valence-corrected chi connectivity index (χ2v) is 3.16. The van der Waals surface area contributed by atoms with Gasteiger partial charge in [-0.05, 0) is 11.6 Å². The van der Waals surface area contributed by atoms with Crippen molar-refractivity contribution in [1.82, 2.24) is 5.32 Å². The predicted octanol–water partition coefficient (Wildman–Crippen LogP) is 1.93. The Morgan fingerprint density at radius 3 is 2.50 bits per heavy atom. The van der Waals surface area contributed by atoms with Gasteiger partial charge < -0.3 is 15.5 Å². The van der Waals surface area contributed by atoms with Crippen molar-refractivity contribution < 1.29 is 23.8 Å². The van der Waals surface area contributed by atoms with Crippen molar-refractivity contribution >= 4 is 6.09 Å². The molecule has 16 heavy (non-hydrogen) atoms. The highest BCUT2D eigenvalue weighted by molar-refractivity contribution is 5.65. The van der Waals surface area contributed by atoms with Crippen LogP contribution in [0.2, 0.25) is 0 Å². The second kappa shape index (κ2) is 5.41. The number of nitrogens with one attached hydrogen (secondary N) is 1. The van der Waals surface area contributed by atoms with E-state index in [1.807, 2.05) is 5.32 Å². The van der Waals surface area contributed by atoms with E-state index in [2.05, 4.69) is 0 Å². The Bertz CT molecular complexity index is 371. The first-order valence-electron chi connectivity index (χ1n) is 4.53. The van der Waals surface area contributed by atoms with Crippen molar-refractivity contribution in [2.24, 2.45) is 0 Å². The van der Waals surface area contributed by atoms with Crippen LogP contribution in [0.15, 0.2) is 24.3 Å². The molecule has 1 rings (SSSR count). The van der Waals surface area contributed by atoms with Crippen LogP contribution in [-0.4, -0.2) is 22.9 Å². The maximum absolute atomic E-state index is 12.4. The lowest BCUT2D eigenvalue weighted by Crippen LogP contribution is -2.29. The van der Waals surface area contributed by atoms with Gasteiger partial charge in [0.15, 0.2) is 0 Å².